The SMILES string of the molecule is CC(NC(=O)[C@@H]1CC[C@H](C(=O)O)O1)c1ccc(S(C)(=O)=O)c(F)c1. The molecule has 1 aliphatic heterocycles. The van der Waals surface area contributed by atoms with Crippen LogP contribution in [0, 0.1) is 5.82 Å². The van der Waals surface area contributed by atoms with Gasteiger partial charge >= 0.3 is 5.97 Å². The molecule has 1 aromatic carbocycles. The predicted octanol–water partition coefficient (Wildman–Crippen LogP) is 1.04. The van der Waals surface area contributed by atoms with Crippen LogP contribution in [0.3, 0.4) is 0 Å². The van der Waals surface area contributed by atoms with Crippen LogP contribution in [0.5, 0.6) is 0 Å². The van der Waals surface area contributed by atoms with E-state index in [1.807, 2.05) is 0 Å². The minimum absolute atomic E-state index is 0.249. The molecule has 0 saturated carbocycles. The second-order valence-electron chi connectivity index (χ2n) is 5.72. The molecule has 0 aliphatic carbocycles. The lowest BCUT2D eigenvalue weighted by molar-refractivity contribution is -0.151. The molecule has 9 heteroatoms. The van der Waals surface area contributed by atoms with Gasteiger partial charge in [-0.3, -0.25) is 4.79 Å². The lowest BCUT2D eigenvalue weighted by Crippen LogP contribution is -2.37. The number of amides is 1. The Morgan fingerprint density at radius 1 is 1.33 bits per heavy atom. The average Bonchev–Trinajstić information content (AvgIpc) is 2.95. The number of rotatable bonds is 5. The van der Waals surface area contributed by atoms with Gasteiger partial charge in [-0.15, -0.1) is 0 Å². The van der Waals surface area contributed by atoms with Crippen molar-refractivity contribution in [1.82, 2.24) is 5.32 Å². The topological polar surface area (TPSA) is 110 Å². The summed E-state index contributed by atoms with van der Waals surface area (Å²) in [6, 6.07) is 3.03. The van der Waals surface area contributed by atoms with Crippen molar-refractivity contribution in [3.8, 4) is 0 Å². The van der Waals surface area contributed by atoms with Crippen molar-refractivity contribution >= 4 is 21.7 Å². The van der Waals surface area contributed by atoms with Crippen LogP contribution in [0.15, 0.2) is 23.1 Å². The minimum atomic E-state index is -3.66. The fourth-order valence-electron chi connectivity index (χ4n) is 2.49. The zero-order valence-electron chi connectivity index (χ0n) is 13.2. The normalized spacial score (nSPS) is 22.1. The second kappa shape index (κ2) is 6.86. The molecule has 0 aromatic heterocycles. The maximum atomic E-state index is 13.9. The summed E-state index contributed by atoms with van der Waals surface area (Å²) < 4.78 is 41.8. The number of halogens is 1. The van der Waals surface area contributed by atoms with Gasteiger partial charge in [-0.05, 0) is 37.5 Å². The Morgan fingerprint density at radius 2 is 1.96 bits per heavy atom. The van der Waals surface area contributed by atoms with Crippen molar-refractivity contribution in [2.45, 2.75) is 42.9 Å². The van der Waals surface area contributed by atoms with E-state index < -0.39 is 50.7 Å². The van der Waals surface area contributed by atoms with Crippen molar-refractivity contribution in [1.29, 1.82) is 0 Å². The highest BCUT2D eigenvalue weighted by Crippen LogP contribution is 2.23. The zero-order valence-corrected chi connectivity index (χ0v) is 14.0. The first-order valence-corrected chi connectivity index (χ1v) is 9.17. The third kappa shape index (κ3) is 4.09. The van der Waals surface area contributed by atoms with E-state index in [0.29, 0.717) is 5.56 Å². The number of sulfone groups is 1. The van der Waals surface area contributed by atoms with E-state index in [1.165, 1.54) is 6.07 Å². The number of carbonyl (C=O) groups is 2. The van der Waals surface area contributed by atoms with Crippen LogP contribution >= 0.6 is 0 Å². The minimum Gasteiger partial charge on any atom is -0.479 e. The van der Waals surface area contributed by atoms with Crippen LogP contribution in [-0.2, 0) is 24.2 Å². The molecule has 1 aliphatic rings. The summed E-state index contributed by atoms with van der Waals surface area (Å²) in [6.07, 6.45) is -0.417. The van der Waals surface area contributed by atoms with Crippen LogP contribution in [0.1, 0.15) is 31.4 Å². The molecule has 0 radical (unpaired) electrons. The summed E-state index contributed by atoms with van der Waals surface area (Å²) in [5.74, 6) is -2.49. The number of hydrogen-bond donors (Lipinski definition) is 2. The maximum absolute atomic E-state index is 13.9. The zero-order chi connectivity index (χ0) is 18.1. The summed E-state index contributed by atoms with van der Waals surface area (Å²) in [6.45, 7) is 1.61. The van der Waals surface area contributed by atoms with Gasteiger partial charge in [-0.25, -0.2) is 17.6 Å². The van der Waals surface area contributed by atoms with Gasteiger partial charge in [-0.2, -0.15) is 0 Å². The molecule has 1 saturated heterocycles. The molecule has 0 bridgehead atoms. The first-order chi connectivity index (χ1) is 11.1. The number of nitrogens with one attached hydrogen (secondary N) is 1. The summed E-state index contributed by atoms with van der Waals surface area (Å²) >= 11 is 0. The van der Waals surface area contributed by atoms with Crippen LogP contribution in [0.2, 0.25) is 0 Å². The van der Waals surface area contributed by atoms with Gasteiger partial charge < -0.3 is 15.2 Å². The number of benzene rings is 1. The summed E-state index contributed by atoms with van der Waals surface area (Å²) in [5, 5.41) is 11.5. The fourth-order valence-corrected chi connectivity index (χ4v) is 3.22. The highest BCUT2D eigenvalue weighted by Gasteiger charge is 2.35. The van der Waals surface area contributed by atoms with Gasteiger partial charge in [0.2, 0.25) is 5.91 Å². The van der Waals surface area contributed by atoms with E-state index in [0.717, 1.165) is 18.4 Å². The van der Waals surface area contributed by atoms with Crippen molar-refractivity contribution < 1.29 is 32.2 Å². The number of carbonyl (C=O) groups excluding carboxylic acids is 1. The molecule has 2 rings (SSSR count). The lowest BCUT2D eigenvalue weighted by Gasteiger charge is -2.18. The smallest absolute Gasteiger partial charge is 0.332 e. The van der Waals surface area contributed by atoms with Crippen LogP contribution in [0.25, 0.3) is 0 Å². The van der Waals surface area contributed by atoms with Gasteiger partial charge in [0.15, 0.2) is 15.9 Å². The van der Waals surface area contributed by atoms with E-state index >= 15 is 0 Å². The number of carboxylic acids is 1. The Kier molecular flexibility index (Phi) is 5.24. The molecule has 2 N–H and O–H groups in total. The van der Waals surface area contributed by atoms with Crippen molar-refractivity contribution in [2.24, 2.45) is 0 Å². The largest absolute Gasteiger partial charge is 0.479 e. The third-order valence-corrected chi connectivity index (χ3v) is 4.93. The Hall–Kier alpha value is -2.00. The van der Waals surface area contributed by atoms with Gasteiger partial charge in [-0.1, -0.05) is 6.07 Å². The first-order valence-electron chi connectivity index (χ1n) is 7.27. The second-order valence-corrected chi connectivity index (χ2v) is 7.71. The quantitative estimate of drug-likeness (QED) is 0.813. The monoisotopic (exact) mass is 359 g/mol. The Bertz CT molecular complexity index is 763. The summed E-state index contributed by atoms with van der Waals surface area (Å²) in [4.78, 5) is 22.5. The van der Waals surface area contributed by atoms with Crippen LogP contribution < -0.4 is 5.32 Å². The van der Waals surface area contributed by atoms with Gasteiger partial charge in [0, 0.05) is 6.26 Å². The number of aliphatic carboxylic acids is 1. The third-order valence-electron chi connectivity index (χ3n) is 3.80. The molecule has 1 fully saturated rings. The molecule has 7 nitrogen and oxygen atoms in total. The molecule has 132 valence electrons. The average molecular weight is 359 g/mol. The molecule has 1 aromatic rings. The molecule has 1 unspecified atom stereocenters. The molecule has 1 amide bonds. The Labute approximate surface area is 138 Å². The predicted molar refractivity (Wildman–Crippen MR) is 81.6 cm³/mol. The maximum Gasteiger partial charge on any atom is 0.332 e. The van der Waals surface area contributed by atoms with Gasteiger partial charge in [0.05, 0.1) is 6.04 Å². The van der Waals surface area contributed by atoms with Crippen molar-refractivity contribution in [3.05, 3.63) is 29.6 Å². The molecule has 1 heterocycles. The highest BCUT2D eigenvalue weighted by molar-refractivity contribution is 7.90. The Morgan fingerprint density at radius 3 is 2.46 bits per heavy atom. The first kappa shape index (κ1) is 18.3. The van der Waals surface area contributed by atoms with E-state index in [2.05, 4.69) is 5.32 Å². The number of ether oxygens (including phenoxy) is 1. The van der Waals surface area contributed by atoms with Gasteiger partial charge in [0.25, 0.3) is 0 Å². The summed E-state index contributed by atoms with van der Waals surface area (Å²) in [5.41, 5.74) is 0.390. The van der Waals surface area contributed by atoms with E-state index in [-0.39, 0.29) is 12.8 Å². The van der Waals surface area contributed by atoms with Crippen molar-refractivity contribution in [3.63, 3.8) is 0 Å². The lowest BCUT2D eigenvalue weighted by atomic mass is 10.1. The molecule has 0 spiro atoms. The van der Waals surface area contributed by atoms with E-state index in [4.69, 9.17) is 9.84 Å². The number of carboxylic acid groups (broad SMARTS) is 1. The van der Waals surface area contributed by atoms with E-state index in [9.17, 15) is 22.4 Å². The molecular weight excluding hydrogens is 341 g/mol. The standard InChI is InChI=1S/C15H18FNO6S/c1-8(9-3-6-13(10(16)7-9)24(2,21)22)17-14(18)11-4-5-12(23-11)15(19)20/h3,6-8,11-12H,4-5H2,1-2H3,(H,17,18)(H,19,20)/t8?,11-,12+/m0/s1. The fraction of sp³-hybridized carbons (Fsp3) is 0.467. The van der Waals surface area contributed by atoms with Gasteiger partial charge in [0.1, 0.15) is 16.8 Å². The molecule has 24 heavy (non-hydrogen) atoms. The molecule has 3 atom stereocenters. The number of hydrogen-bond acceptors (Lipinski definition) is 5. The highest BCUT2D eigenvalue weighted by atomic mass is 32.2. The van der Waals surface area contributed by atoms with Crippen LogP contribution in [0.4, 0.5) is 4.39 Å². The van der Waals surface area contributed by atoms with E-state index in [1.54, 1.807) is 6.92 Å². The van der Waals surface area contributed by atoms with Crippen molar-refractivity contribution in [2.75, 3.05) is 6.26 Å². The molecular formula is C15H18FNO6S. The Balaban J connectivity index is 2.05. The summed E-state index contributed by atoms with van der Waals surface area (Å²) in [7, 11) is -3.66. The van der Waals surface area contributed by atoms with Crippen LogP contribution in [-0.4, -0.2) is 43.9 Å².